The molecule has 0 aliphatic heterocycles. The number of benzene rings is 2. The van der Waals surface area contributed by atoms with Crippen LogP contribution in [0.2, 0.25) is 0 Å². The van der Waals surface area contributed by atoms with E-state index in [0.29, 0.717) is 31.1 Å². The predicted molar refractivity (Wildman–Crippen MR) is 116 cm³/mol. The summed E-state index contributed by atoms with van der Waals surface area (Å²) in [6.45, 7) is 6.16. The van der Waals surface area contributed by atoms with E-state index in [1.807, 2.05) is 54.8 Å². The van der Waals surface area contributed by atoms with E-state index in [2.05, 4.69) is 15.6 Å². The Balaban J connectivity index is 1.67. The molecule has 1 aromatic heterocycles. The van der Waals surface area contributed by atoms with Crippen LogP contribution in [-0.4, -0.2) is 41.1 Å². The van der Waals surface area contributed by atoms with E-state index in [-0.39, 0.29) is 24.9 Å². The molecule has 0 bridgehead atoms. The number of rotatable bonds is 10. The van der Waals surface area contributed by atoms with Gasteiger partial charge in [0.2, 0.25) is 5.91 Å². The van der Waals surface area contributed by atoms with Crippen molar-refractivity contribution in [3.05, 3.63) is 65.5 Å². The van der Waals surface area contributed by atoms with Crippen LogP contribution in [0.5, 0.6) is 0 Å². The number of hydrogen-bond donors (Lipinski definition) is 2. The van der Waals surface area contributed by atoms with Crippen LogP contribution in [0.25, 0.3) is 11.0 Å². The van der Waals surface area contributed by atoms with Gasteiger partial charge in [0, 0.05) is 25.3 Å². The van der Waals surface area contributed by atoms with Crippen molar-refractivity contribution in [2.45, 2.75) is 33.4 Å². The number of imidazole rings is 1. The molecule has 2 aromatic carbocycles. The number of carbonyl (C=O) groups excluding carboxylic acids is 2. The van der Waals surface area contributed by atoms with Crippen molar-refractivity contribution in [1.82, 2.24) is 20.2 Å². The SMILES string of the molecule is CCOCCCNC(=O)Cn1c(CNC(=O)c2ccc(C)cc2)nc2ccccc21. The molecule has 2 N–H and O–H groups in total. The van der Waals surface area contributed by atoms with Crippen LogP contribution in [0.1, 0.15) is 35.1 Å². The Labute approximate surface area is 176 Å². The number of aryl methyl sites for hydroxylation is 1. The van der Waals surface area contributed by atoms with Gasteiger partial charge in [-0.1, -0.05) is 29.8 Å². The minimum absolute atomic E-state index is 0.0965. The predicted octanol–water partition coefficient (Wildman–Crippen LogP) is 2.82. The molecule has 7 nitrogen and oxygen atoms in total. The zero-order valence-corrected chi connectivity index (χ0v) is 17.5. The van der Waals surface area contributed by atoms with Gasteiger partial charge in [-0.05, 0) is 44.5 Å². The van der Waals surface area contributed by atoms with Crippen molar-refractivity contribution in [3.8, 4) is 0 Å². The highest BCUT2D eigenvalue weighted by molar-refractivity contribution is 5.94. The molecule has 0 fully saturated rings. The summed E-state index contributed by atoms with van der Waals surface area (Å²) in [6, 6.07) is 15.0. The highest BCUT2D eigenvalue weighted by atomic mass is 16.5. The third-order valence-corrected chi connectivity index (χ3v) is 4.75. The van der Waals surface area contributed by atoms with E-state index in [9.17, 15) is 9.59 Å². The summed E-state index contributed by atoms with van der Waals surface area (Å²) in [5.74, 6) is 0.371. The molecule has 30 heavy (non-hydrogen) atoms. The first-order chi connectivity index (χ1) is 14.6. The number of aromatic nitrogens is 2. The van der Waals surface area contributed by atoms with Crippen molar-refractivity contribution in [2.75, 3.05) is 19.8 Å². The third-order valence-electron chi connectivity index (χ3n) is 4.75. The second-order valence-corrected chi connectivity index (χ2v) is 7.05. The summed E-state index contributed by atoms with van der Waals surface area (Å²) >= 11 is 0. The van der Waals surface area contributed by atoms with Crippen LogP contribution in [0, 0.1) is 6.92 Å². The molecule has 158 valence electrons. The number of ether oxygens (including phenoxy) is 1. The van der Waals surface area contributed by atoms with Gasteiger partial charge in [0.05, 0.1) is 17.6 Å². The smallest absolute Gasteiger partial charge is 0.251 e. The van der Waals surface area contributed by atoms with Gasteiger partial charge < -0.3 is 19.9 Å². The van der Waals surface area contributed by atoms with Gasteiger partial charge in [0.15, 0.2) is 0 Å². The van der Waals surface area contributed by atoms with Crippen LogP contribution in [0.15, 0.2) is 48.5 Å². The summed E-state index contributed by atoms with van der Waals surface area (Å²) in [5.41, 5.74) is 3.35. The average Bonchev–Trinajstić information content (AvgIpc) is 3.09. The second kappa shape index (κ2) is 10.5. The minimum atomic E-state index is -0.172. The lowest BCUT2D eigenvalue weighted by Crippen LogP contribution is -2.31. The van der Waals surface area contributed by atoms with Crippen molar-refractivity contribution >= 4 is 22.8 Å². The summed E-state index contributed by atoms with van der Waals surface area (Å²) in [4.78, 5) is 29.5. The monoisotopic (exact) mass is 408 g/mol. The molecule has 0 atom stereocenters. The molecule has 0 aliphatic rings. The average molecular weight is 409 g/mol. The number of nitrogens with zero attached hydrogens (tertiary/aromatic N) is 2. The number of carbonyl (C=O) groups is 2. The van der Waals surface area contributed by atoms with Crippen molar-refractivity contribution in [2.24, 2.45) is 0 Å². The maximum Gasteiger partial charge on any atom is 0.251 e. The fourth-order valence-electron chi connectivity index (χ4n) is 3.15. The quantitative estimate of drug-likeness (QED) is 0.505. The van der Waals surface area contributed by atoms with Crippen molar-refractivity contribution in [1.29, 1.82) is 0 Å². The molecule has 0 saturated carbocycles. The third kappa shape index (κ3) is 5.67. The Morgan fingerprint density at radius 3 is 2.60 bits per heavy atom. The van der Waals surface area contributed by atoms with Crippen LogP contribution in [0.3, 0.4) is 0 Å². The molecule has 0 spiro atoms. The van der Waals surface area contributed by atoms with Crippen LogP contribution in [-0.2, 0) is 22.6 Å². The van der Waals surface area contributed by atoms with E-state index in [1.165, 1.54) is 0 Å². The number of amides is 2. The fourth-order valence-corrected chi connectivity index (χ4v) is 3.15. The Morgan fingerprint density at radius 1 is 1.07 bits per heavy atom. The molecule has 3 aromatic rings. The van der Waals surface area contributed by atoms with Crippen LogP contribution in [0.4, 0.5) is 0 Å². The van der Waals surface area contributed by atoms with Gasteiger partial charge >= 0.3 is 0 Å². The molecule has 3 rings (SSSR count). The highest BCUT2D eigenvalue weighted by Gasteiger charge is 2.15. The van der Waals surface area contributed by atoms with E-state index < -0.39 is 0 Å². The summed E-state index contributed by atoms with van der Waals surface area (Å²) in [6.07, 6.45) is 0.768. The van der Waals surface area contributed by atoms with Gasteiger partial charge in [0.25, 0.3) is 5.91 Å². The Hall–Kier alpha value is -3.19. The van der Waals surface area contributed by atoms with E-state index >= 15 is 0 Å². The molecule has 0 radical (unpaired) electrons. The standard InChI is InChI=1S/C23H28N4O3/c1-3-30-14-6-13-24-22(28)16-27-20-8-5-4-7-19(20)26-21(27)15-25-23(29)18-11-9-17(2)10-12-18/h4-5,7-12H,3,6,13-16H2,1-2H3,(H,24,28)(H,25,29). The number of nitrogens with one attached hydrogen (secondary N) is 2. The lowest BCUT2D eigenvalue weighted by molar-refractivity contribution is -0.121. The Morgan fingerprint density at radius 2 is 1.83 bits per heavy atom. The lowest BCUT2D eigenvalue weighted by atomic mass is 10.1. The maximum absolute atomic E-state index is 12.5. The second-order valence-electron chi connectivity index (χ2n) is 7.05. The molecule has 0 aliphatic carbocycles. The van der Waals surface area contributed by atoms with Gasteiger partial charge in [-0.25, -0.2) is 4.98 Å². The minimum Gasteiger partial charge on any atom is -0.382 e. The molecule has 0 saturated heterocycles. The Bertz CT molecular complexity index is 995. The first kappa shape index (κ1) is 21.5. The highest BCUT2D eigenvalue weighted by Crippen LogP contribution is 2.16. The maximum atomic E-state index is 12.5. The molecular formula is C23H28N4O3. The summed E-state index contributed by atoms with van der Waals surface area (Å²) in [5, 5.41) is 5.82. The fraction of sp³-hybridized carbons (Fsp3) is 0.348. The van der Waals surface area contributed by atoms with Gasteiger partial charge in [0.1, 0.15) is 12.4 Å². The number of hydrogen-bond acceptors (Lipinski definition) is 4. The number of fused-ring (bicyclic) bond motifs is 1. The zero-order valence-electron chi connectivity index (χ0n) is 17.5. The molecule has 7 heteroatoms. The van der Waals surface area contributed by atoms with Crippen LogP contribution < -0.4 is 10.6 Å². The molecule has 0 unspecified atom stereocenters. The van der Waals surface area contributed by atoms with E-state index in [0.717, 1.165) is 23.0 Å². The zero-order chi connectivity index (χ0) is 21.3. The van der Waals surface area contributed by atoms with Crippen molar-refractivity contribution in [3.63, 3.8) is 0 Å². The molecular weight excluding hydrogens is 380 g/mol. The molecule has 1 heterocycles. The van der Waals surface area contributed by atoms with Gasteiger partial charge in [-0.2, -0.15) is 0 Å². The largest absolute Gasteiger partial charge is 0.382 e. The first-order valence-electron chi connectivity index (χ1n) is 10.2. The Kier molecular flexibility index (Phi) is 7.57. The van der Waals surface area contributed by atoms with Gasteiger partial charge in [-0.15, -0.1) is 0 Å². The van der Waals surface area contributed by atoms with Gasteiger partial charge in [-0.3, -0.25) is 9.59 Å². The van der Waals surface area contributed by atoms with Crippen molar-refractivity contribution < 1.29 is 14.3 Å². The van der Waals surface area contributed by atoms with E-state index in [1.54, 1.807) is 12.1 Å². The first-order valence-corrected chi connectivity index (χ1v) is 10.2. The normalized spacial score (nSPS) is 10.9. The summed E-state index contributed by atoms with van der Waals surface area (Å²) in [7, 11) is 0. The van der Waals surface area contributed by atoms with Crippen LogP contribution >= 0.6 is 0 Å². The topological polar surface area (TPSA) is 85.2 Å². The summed E-state index contributed by atoms with van der Waals surface area (Å²) < 4.78 is 7.14. The lowest BCUT2D eigenvalue weighted by Gasteiger charge is -2.11. The number of para-hydroxylation sites is 2. The van der Waals surface area contributed by atoms with E-state index in [4.69, 9.17) is 4.74 Å². The molecule has 2 amide bonds.